The molecule has 3 atom stereocenters. The molecule has 4 N–H and O–H groups in total. The molecule has 4 aliphatic rings. The van der Waals surface area contributed by atoms with Crippen LogP contribution in [0.5, 0.6) is 5.75 Å². The fourth-order valence-corrected chi connectivity index (χ4v) is 5.29. The van der Waals surface area contributed by atoms with Crippen molar-refractivity contribution in [1.82, 2.24) is 10.6 Å². The molecule has 1 heterocycles. The summed E-state index contributed by atoms with van der Waals surface area (Å²) in [5.74, 6) is 0.198. The average molecular weight is 446 g/mol. The average Bonchev–Trinajstić information content (AvgIpc) is 3.39. The Morgan fingerprint density at radius 1 is 1.29 bits per heavy atom. The molecule has 0 spiro atoms. The molecular weight excluding hydrogens is 421 g/mol. The number of para-hydroxylation sites is 1. The highest BCUT2D eigenvalue weighted by atomic mass is 35.5. The van der Waals surface area contributed by atoms with Crippen molar-refractivity contribution in [3.8, 4) is 5.75 Å². The second kappa shape index (κ2) is 7.97. The first-order valence-electron chi connectivity index (χ1n) is 10.6. The molecule has 1 aliphatic heterocycles. The number of carbonyl (C=O) groups is 1. The number of nitrogens with one attached hydrogen (secondary N) is 3. The van der Waals surface area contributed by atoms with E-state index in [0.717, 1.165) is 24.9 Å². The van der Waals surface area contributed by atoms with Crippen LogP contribution in [0.4, 0.5) is 10.1 Å². The summed E-state index contributed by atoms with van der Waals surface area (Å²) in [7, 11) is 0. The van der Waals surface area contributed by atoms with Gasteiger partial charge in [-0.15, -0.1) is 0 Å². The van der Waals surface area contributed by atoms with Crippen LogP contribution in [0, 0.1) is 11.7 Å². The van der Waals surface area contributed by atoms with Crippen LogP contribution in [0.2, 0.25) is 5.02 Å². The lowest BCUT2D eigenvalue weighted by Gasteiger charge is -2.40. The molecule has 31 heavy (non-hydrogen) atoms. The van der Waals surface area contributed by atoms with Crippen LogP contribution in [-0.2, 0) is 11.2 Å². The number of amides is 1. The summed E-state index contributed by atoms with van der Waals surface area (Å²) < 4.78 is 19.0. The minimum atomic E-state index is -0.887. The SMILES string of the molecule is O=C(NC12CC(C1)[C@H](NC(O)COc1ccc(Cl)c(F)c1)C2)[C@H]1Cc2ccccc2N1. The maximum absolute atomic E-state index is 13.5. The first-order chi connectivity index (χ1) is 14.9. The number of ether oxygens (including phenoxy) is 1. The van der Waals surface area contributed by atoms with Crippen LogP contribution in [0.3, 0.4) is 0 Å². The molecule has 6 rings (SSSR count). The zero-order valence-corrected chi connectivity index (χ0v) is 17.7. The summed E-state index contributed by atoms with van der Waals surface area (Å²) in [5, 5.41) is 20.1. The van der Waals surface area contributed by atoms with Gasteiger partial charge in [-0.1, -0.05) is 29.8 Å². The first kappa shape index (κ1) is 20.5. The molecule has 0 saturated heterocycles. The molecule has 1 unspecified atom stereocenters. The van der Waals surface area contributed by atoms with Crippen molar-refractivity contribution in [2.75, 3.05) is 11.9 Å². The van der Waals surface area contributed by atoms with Crippen molar-refractivity contribution >= 4 is 23.2 Å². The second-order valence-corrected chi connectivity index (χ2v) is 9.28. The van der Waals surface area contributed by atoms with Gasteiger partial charge in [-0.2, -0.15) is 0 Å². The van der Waals surface area contributed by atoms with Crippen LogP contribution in [0.15, 0.2) is 42.5 Å². The smallest absolute Gasteiger partial charge is 0.243 e. The molecule has 164 valence electrons. The molecule has 8 heteroatoms. The highest BCUT2D eigenvalue weighted by molar-refractivity contribution is 6.30. The molecule has 2 aromatic carbocycles. The molecule has 2 bridgehead atoms. The Labute approximate surface area is 185 Å². The molecule has 0 radical (unpaired) electrons. The fourth-order valence-electron chi connectivity index (χ4n) is 5.17. The zero-order chi connectivity index (χ0) is 21.6. The summed E-state index contributed by atoms with van der Waals surface area (Å²) >= 11 is 5.67. The molecule has 2 aromatic rings. The third kappa shape index (κ3) is 4.10. The third-order valence-corrected chi connectivity index (χ3v) is 6.97. The van der Waals surface area contributed by atoms with Gasteiger partial charge in [0.2, 0.25) is 5.91 Å². The van der Waals surface area contributed by atoms with Gasteiger partial charge >= 0.3 is 0 Å². The maximum atomic E-state index is 13.5. The molecule has 3 saturated carbocycles. The highest BCUT2D eigenvalue weighted by Crippen LogP contribution is 2.52. The van der Waals surface area contributed by atoms with Gasteiger partial charge in [0.05, 0.1) is 5.02 Å². The van der Waals surface area contributed by atoms with E-state index in [4.69, 9.17) is 16.3 Å². The van der Waals surface area contributed by atoms with Crippen molar-refractivity contribution in [2.45, 2.75) is 49.5 Å². The summed E-state index contributed by atoms with van der Waals surface area (Å²) in [6.45, 7) is -0.00605. The van der Waals surface area contributed by atoms with E-state index in [1.54, 1.807) is 6.07 Å². The lowest BCUT2D eigenvalue weighted by atomic mass is 9.76. The van der Waals surface area contributed by atoms with E-state index in [9.17, 15) is 14.3 Å². The number of halogens is 2. The van der Waals surface area contributed by atoms with Gasteiger partial charge in [0.25, 0.3) is 0 Å². The van der Waals surface area contributed by atoms with Crippen molar-refractivity contribution in [1.29, 1.82) is 0 Å². The molecule has 1 amide bonds. The fraction of sp³-hybridized carbons (Fsp3) is 0.435. The Kier molecular flexibility index (Phi) is 5.28. The number of benzene rings is 2. The summed E-state index contributed by atoms with van der Waals surface area (Å²) in [6.07, 6.45) is 2.40. The van der Waals surface area contributed by atoms with E-state index in [1.165, 1.54) is 17.7 Å². The molecule has 3 fully saturated rings. The summed E-state index contributed by atoms with van der Waals surface area (Å²) in [4.78, 5) is 12.8. The van der Waals surface area contributed by atoms with Crippen LogP contribution in [0.1, 0.15) is 24.8 Å². The van der Waals surface area contributed by atoms with Gasteiger partial charge in [0.1, 0.15) is 30.4 Å². The number of aliphatic hydroxyl groups is 1. The second-order valence-electron chi connectivity index (χ2n) is 8.88. The highest BCUT2D eigenvalue weighted by Gasteiger charge is 2.57. The lowest BCUT2D eigenvalue weighted by Crippen LogP contribution is -2.55. The van der Waals surface area contributed by atoms with Crippen molar-refractivity contribution in [3.63, 3.8) is 0 Å². The minimum absolute atomic E-state index is 0.00605. The van der Waals surface area contributed by atoms with Crippen LogP contribution in [0.25, 0.3) is 0 Å². The van der Waals surface area contributed by atoms with Crippen molar-refractivity contribution in [2.24, 2.45) is 5.92 Å². The normalized spacial score (nSPS) is 28.9. The predicted octanol–water partition coefficient (Wildman–Crippen LogP) is 2.84. The quantitative estimate of drug-likeness (QED) is 0.493. The van der Waals surface area contributed by atoms with Crippen molar-refractivity contribution < 1.29 is 19.0 Å². The van der Waals surface area contributed by atoms with E-state index < -0.39 is 12.0 Å². The van der Waals surface area contributed by atoms with Crippen LogP contribution in [-0.4, -0.2) is 41.5 Å². The maximum Gasteiger partial charge on any atom is 0.243 e. The first-order valence-corrected chi connectivity index (χ1v) is 11.0. The number of carbonyl (C=O) groups excluding carboxylic acids is 1. The topological polar surface area (TPSA) is 82.6 Å². The number of hydrogen-bond acceptors (Lipinski definition) is 5. The largest absolute Gasteiger partial charge is 0.489 e. The van der Waals surface area contributed by atoms with E-state index in [-0.39, 0.29) is 35.2 Å². The van der Waals surface area contributed by atoms with Gasteiger partial charge in [0.15, 0.2) is 0 Å². The van der Waals surface area contributed by atoms with Crippen LogP contribution >= 0.6 is 11.6 Å². The van der Waals surface area contributed by atoms with Gasteiger partial charge in [-0.25, -0.2) is 4.39 Å². The van der Waals surface area contributed by atoms with Crippen LogP contribution < -0.4 is 20.7 Å². The Morgan fingerprint density at radius 2 is 2.10 bits per heavy atom. The monoisotopic (exact) mass is 445 g/mol. The molecule has 0 aromatic heterocycles. The Balaban J connectivity index is 1.10. The molecular formula is C23H25ClFN3O3. The van der Waals surface area contributed by atoms with E-state index in [1.807, 2.05) is 24.3 Å². The molecule has 3 aliphatic carbocycles. The summed E-state index contributed by atoms with van der Waals surface area (Å²) in [5.41, 5.74) is 2.00. The standard InChI is InChI=1S/C23H25ClFN3O3/c24-16-6-5-15(8-17(16)25)31-12-21(29)27-20-11-23(9-14(20)10-23)28-22(30)19-7-13-3-1-2-4-18(13)26-19/h1-6,8,14,19-21,26-27,29H,7,9-12H2,(H,28,30)/t14?,19-,20-,21?,23?/m1/s1. The van der Waals surface area contributed by atoms with Gasteiger partial charge in [0, 0.05) is 29.8 Å². The lowest BCUT2D eigenvalue weighted by molar-refractivity contribution is -0.124. The Morgan fingerprint density at radius 3 is 2.87 bits per heavy atom. The van der Waals surface area contributed by atoms with E-state index >= 15 is 0 Å². The number of aliphatic hydroxyl groups excluding tert-OH is 1. The number of fused-ring (bicyclic) bond motifs is 2. The van der Waals surface area contributed by atoms with Gasteiger partial charge in [-0.05, 0) is 48.9 Å². The number of rotatable bonds is 7. The molecule has 6 nitrogen and oxygen atoms in total. The Hall–Kier alpha value is -2.35. The predicted molar refractivity (Wildman–Crippen MR) is 116 cm³/mol. The van der Waals surface area contributed by atoms with Gasteiger partial charge in [-0.3, -0.25) is 10.1 Å². The van der Waals surface area contributed by atoms with Gasteiger partial charge < -0.3 is 20.5 Å². The third-order valence-electron chi connectivity index (χ3n) is 6.67. The summed E-state index contributed by atoms with van der Waals surface area (Å²) in [6, 6.07) is 12.0. The van der Waals surface area contributed by atoms with E-state index in [0.29, 0.717) is 18.1 Å². The number of anilines is 1. The zero-order valence-electron chi connectivity index (χ0n) is 16.9. The Bertz CT molecular complexity index is 973. The minimum Gasteiger partial charge on any atom is -0.489 e. The van der Waals surface area contributed by atoms with Crippen molar-refractivity contribution in [3.05, 3.63) is 58.9 Å². The van der Waals surface area contributed by atoms with E-state index in [2.05, 4.69) is 16.0 Å². The number of hydrogen-bond donors (Lipinski definition) is 4.